The van der Waals surface area contributed by atoms with E-state index in [1.54, 1.807) is 54.0 Å². The summed E-state index contributed by atoms with van der Waals surface area (Å²) in [6.45, 7) is 1.71. The Morgan fingerprint density at radius 1 is 1.05 bits per heavy atom. The van der Waals surface area contributed by atoms with Crippen LogP contribution in [0.3, 0.4) is 0 Å². The van der Waals surface area contributed by atoms with Gasteiger partial charge in [0.05, 0.1) is 10.5 Å². The van der Waals surface area contributed by atoms with Crippen molar-refractivity contribution >= 4 is 45.3 Å². The number of nitrogens with one attached hydrogen (secondary N) is 1. The number of esters is 1. The van der Waals surface area contributed by atoms with Crippen LogP contribution in [-0.4, -0.2) is 32.6 Å². The summed E-state index contributed by atoms with van der Waals surface area (Å²) in [4.78, 5) is 44.3. The maximum Gasteiger partial charge on any atom is 0.358 e. The van der Waals surface area contributed by atoms with Crippen LogP contribution in [0.1, 0.15) is 59.6 Å². The third-order valence-corrected chi connectivity index (χ3v) is 7.90. The first kappa shape index (κ1) is 26.7. The van der Waals surface area contributed by atoms with Crippen LogP contribution in [0.5, 0.6) is 0 Å². The van der Waals surface area contributed by atoms with Crippen LogP contribution in [0.25, 0.3) is 21.8 Å². The highest BCUT2D eigenvalue weighted by molar-refractivity contribution is 6.37. The van der Waals surface area contributed by atoms with Crippen LogP contribution < -0.4 is 10.9 Å². The smallest absolute Gasteiger partial charge is 0.358 e. The fourth-order valence-electron chi connectivity index (χ4n) is 5.69. The number of aryl methyl sites for hydroxylation is 1. The number of aromatic nitrogens is 3. The number of hydrogen-bond donors (Lipinski definition) is 1. The van der Waals surface area contributed by atoms with E-state index in [1.165, 1.54) is 12.3 Å². The van der Waals surface area contributed by atoms with Crippen molar-refractivity contribution in [2.24, 2.45) is 0 Å². The van der Waals surface area contributed by atoms with E-state index in [4.69, 9.17) is 20.9 Å². The summed E-state index contributed by atoms with van der Waals surface area (Å²) in [5, 5.41) is 8.77. The third kappa shape index (κ3) is 5.09. The second-order valence-electron chi connectivity index (χ2n) is 10.2. The molecule has 1 N–H and O–H groups in total. The number of carbonyl (C=O) groups is 2. The van der Waals surface area contributed by atoms with Crippen molar-refractivity contribution in [1.82, 2.24) is 20.0 Å². The number of benzene rings is 2. The highest BCUT2D eigenvalue weighted by Crippen LogP contribution is 2.35. The van der Waals surface area contributed by atoms with Crippen molar-refractivity contribution in [2.45, 2.75) is 50.8 Å². The van der Waals surface area contributed by atoms with Gasteiger partial charge in [0, 0.05) is 29.2 Å². The van der Waals surface area contributed by atoms with Gasteiger partial charge in [0.1, 0.15) is 22.4 Å². The molecule has 1 saturated carbocycles. The lowest BCUT2D eigenvalue weighted by atomic mass is 9.89. The van der Waals surface area contributed by atoms with E-state index in [0.717, 1.165) is 19.3 Å². The third-order valence-electron chi connectivity index (χ3n) is 7.58. The second kappa shape index (κ2) is 11.2. The monoisotopic (exact) mass is 570 g/mol. The fraction of sp³-hybridized carbons (Fsp3) is 0.258. The zero-order valence-corrected chi connectivity index (χ0v) is 23.0. The lowest BCUT2D eigenvalue weighted by Crippen LogP contribution is -2.43. The number of hydrogen-bond acceptors (Lipinski definition) is 7. The molecule has 1 amide bonds. The van der Waals surface area contributed by atoms with Crippen LogP contribution in [0.15, 0.2) is 82.2 Å². The van der Waals surface area contributed by atoms with Gasteiger partial charge >= 0.3 is 5.97 Å². The number of fused-ring (bicyclic) bond motifs is 3. The molecular weight excluding hydrogens is 544 g/mol. The fourth-order valence-corrected chi connectivity index (χ4v) is 5.95. The van der Waals surface area contributed by atoms with Gasteiger partial charge in [-0.15, -0.1) is 0 Å². The molecule has 5 aromatic rings. The van der Waals surface area contributed by atoms with Gasteiger partial charge in [0.2, 0.25) is 6.10 Å². The molecule has 2 aromatic carbocycles. The summed E-state index contributed by atoms with van der Waals surface area (Å²) in [7, 11) is 0. The average Bonchev–Trinajstić information content (AvgIpc) is 3.38. The van der Waals surface area contributed by atoms with Crippen molar-refractivity contribution in [3.8, 4) is 0 Å². The molecular formula is C31H27ClN4O5. The lowest BCUT2D eigenvalue weighted by Gasteiger charge is -2.32. The summed E-state index contributed by atoms with van der Waals surface area (Å²) in [6.07, 6.45) is 3.10. The lowest BCUT2D eigenvalue weighted by molar-refractivity contribution is -0.131. The number of pyridine rings is 2. The van der Waals surface area contributed by atoms with E-state index in [2.05, 4.69) is 15.5 Å². The predicted octanol–water partition coefficient (Wildman–Crippen LogP) is 5.70. The first-order chi connectivity index (χ1) is 19.9. The van der Waals surface area contributed by atoms with Gasteiger partial charge in [-0.1, -0.05) is 59.2 Å². The molecule has 41 heavy (non-hydrogen) atoms. The van der Waals surface area contributed by atoms with Crippen LogP contribution >= 0.6 is 11.6 Å². The molecule has 3 atom stereocenters. The minimum atomic E-state index is -1.16. The van der Waals surface area contributed by atoms with Crippen molar-refractivity contribution in [3.63, 3.8) is 0 Å². The molecule has 3 aromatic heterocycles. The quantitative estimate of drug-likeness (QED) is 0.260. The van der Waals surface area contributed by atoms with Gasteiger partial charge in [-0.3, -0.25) is 9.59 Å². The molecule has 208 valence electrons. The van der Waals surface area contributed by atoms with Gasteiger partial charge < -0.3 is 19.1 Å². The number of carbonyl (C=O) groups excluding carboxylic acids is 2. The number of halogens is 1. The molecule has 10 heteroatoms. The molecule has 0 radical (unpaired) electrons. The van der Waals surface area contributed by atoms with Crippen LogP contribution in [0.4, 0.5) is 0 Å². The first-order valence-electron chi connectivity index (χ1n) is 13.5. The molecule has 0 saturated heterocycles. The SMILES string of the molecule is Cc1onc2c1c(=O)n([C@@H]1CCC[C@@H](NC(=O)[C@H](OC(=O)c3ccccn3)c3ccccc3)C1)c1cccc(Cl)c21. The van der Waals surface area contributed by atoms with Gasteiger partial charge in [-0.25, -0.2) is 9.78 Å². The Labute approximate surface area is 240 Å². The normalized spacial score (nSPS) is 17.8. The molecule has 1 aliphatic rings. The molecule has 1 fully saturated rings. The second-order valence-corrected chi connectivity index (χ2v) is 10.6. The molecule has 1 aliphatic carbocycles. The molecule has 0 bridgehead atoms. The Bertz CT molecular complexity index is 1800. The van der Waals surface area contributed by atoms with Crippen molar-refractivity contribution < 1.29 is 18.8 Å². The maximum atomic E-state index is 13.8. The molecule has 0 aliphatic heterocycles. The maximum absolute atomic E-state index is 13.8. The Hall–Kier alpha value is -4.50. The van der Waals surface area contributed by atoms with Gasteiger partial charge in [0.15, 0.2) is 0 Å². The Kier molecular flexibility index (Phi) is 7.28. The zero-order valence-electron chi connectivity index (χ0n) is 22.2. The Balaban J connectivity index is 1.29. The number of rotatable bonds is 6. The molecule has 6 rings (SSSR count). The summed E-state index contributed by atoms with van der Waals surface area (Å²) >= 11 is 6.58. The van der Waals surface area contributed by atoms with Crippen molar-refractivity contribution in [3.05, 3.63) is 105 Å². The largest absolute Gasteiger partial charge is 0.443 e. The standard InChI is InChI=1S/C31H27ClN4O5/c1-18-25-27(35-41-18)26-22(32)13-8-15-24(26)36(30(25)38)21-12-7-11-20(17-21)34-29(37)28(19-9-3-2-4-10-19)40-31(39)23-14-5-6-16-33-23/h2-6,8-10,13-16,20-21,28H,7,11-12,17H2,1H3,(H,34,37)/t20-,21-,28-/m1/s1. The Morgan fingerprint density at radius 2 is 1.85 bits per heavy atom. The number of ether oxygens (including phenoxy) is 1. The van der Waals surface area contributed by atoms with Crippen LogP contribution in [0, 0.1) is 6.92 Å². The van der Waals surface area contributed by atoms with Crippen LogP contribution in [-0.2, 0) is 9.53 Å². The van der Waals surface area contributed by atoms with Gasteiger partial charge in [-0.2, -0.15) is 0 Å². The first-order valence-corrected chi connectivity index (χ1v) is 13.9. The predicted molar refractivity (Wildman–Crippen MR) is 154 cm³/mol. The molecule has 9 nitrogen and oxygen atoms in total. The Morgan fingerprint density at radius 3 is 2.63 bits per heavy atom. The van der Waals surface area contributed by atoms with E-state index >= 15 is 0 Å². The number of nitrogens with zero attached hydrogens (tertiary/aromatic N) is 3. The molecule has 0 unspecified atom stereocenters. The molecule has 3 heterocycles. The summed E-state index contributed by atoms with van der Waals surface area (Å²) in [5.41, 5.74) is 1.59. The summed E-state index contributed by atoms with van der Waals surface area (Å²) < 4.78 is 12.8. The topological polar surface area (TPSA) is 116 Å². The van der Waals surface area contributed by atoms with Crippen LogP contribution in [0.2, 0.25) is 5.02 Å². The van der Waals surface area contributed by atoms with E-state index in [0.29, 0.717) is 44.6 Å². The highest BCUT2D eigenvalue weighted by atomic mass is 35.5. The average molecular weight is 571 g/mol. The highest BCUT2D eigenvalue weighted by Gasteiger charge is 2.32. The van der Waals surface area contributed by atoms with E-state index in [9.17, 15) is 14.4 Å². The van der Waals surface area contributed by atoms with Gasteiger partial charge in [0.25, 0.3) is 11.5 Å². The minimum absolute atomic E-state index is 0.114. The van der Waals surface area contributed by atoms with Gasteiger partial charge in [-0.05, 0) is 56.9 Å². The van der Waals surface area contributed by atoms with Crippen molar-refractivity contribution in [2.75, 3.05) is 0 Å². The molecule has 0 spiro atoms. The summed E-state index contributed by atoms with van der Waals surface area (Å²) in [6, 6.07) is 18.8. The minimum Gasteiger partial charge on any atom is -0.443 e. The van der Waals surface area contributed by atoms with E-state index in [1.807, 2.05) is 18.2 Å². The van der Waals surface area contributed by atoms with E-state index in [-0.39, 0.29) is 23.3 Å². The number of amides is 1. The van der Waals surface area contributed by atoms with Crippen molar-refractivity contribution in [1.29, 1.82) is 0 Å². The van der Waals surface area contributed by atoms with E-state index < -0.39 is 18.0 Å². The summed E-state index contributed by atoms with van der Waals surface area (Å²) in [5.74, 6) is -0.693. The zero-order chi connectivity index (χ0) is 28.5.